The lowest BCUT2D eigenvalue weighted by molar-refractivity contribution is -0.144. The van der Waals surface area contributed by atoms with Gasteiger partial charge in [0.05, 0.1) is 28.4 Å². The summed E-state index contributed by atoms with van der Waals surface area (Å²) in [6.07, 6.45) is 0.718. The molecule has 1 amide bonds. The first-order valence-corrected chi connectivity index (χ1v) is 7.62. The lowest BCUT2D eigenvalue weighted by Gasteiger charge is -2.22. The first-order valence-electron chi connectivity index (χ1n) is 7.62. The highest BCUT2D eigenvalue weighted by Gasteiger charge is 2.28. The molecule has 0 spiro atoms. The van der Waals surface area contributed by atoms with E-state index in [-0.39, 0.29) is 5.92 Å². The lowest BCUT2D eigenvalue weighted by Crippen LogP contribution is -2.45. The molecule has 0 aliphatic carbocycles. The van der Waals surface area contributed by atoms with E-state index in [2.05, 4.69) is 5.32 Å². The molecule has 0 radical (unpaired) electrons. The molecule has 0 unspecified atom stereocenters. The Bertz CT molecular complexity index is 561. The second kappa shape index (κ2) is 9.00. The van der Waals surface area contributed by atoms with Gasteiger partial charge in [0.15, 0.2) is 11.5 Å². The molecule has 1 aromatic carbocycles. The van der Waals surface area contributed by atoms with Crippen LogP contribution in [0.4, 0.5) is 0 Å². The molecule has 24 heavy (non-hydrogen) atoms. The molecule has 1 aromatic rings. The van der Waals surface area contributed by atoms with Crippen molar-refractivity contribution in [2.24, 2.45) is 5.92 Å². The summed E-state index contributed by atoms with van der Waals surface area (Å²) in [4.78, 5) is 24.5. The summed E-state index contributed by atoms with van der Waals surface area (Å²) in [5.41, 5.74) is 0.293. The van der Waals surface area contributed by atoms with Gasteiger partial charge in [-0.25, -0.2) is 4.79 Å². The summed E-state index contributed by atoms with van der Waals surface area (Å²) in [7, 11) is 5.71. The minimum Gasteiger partial charge on any atom is -0.493 e. The van der Waals surface area contributed by atoms with Crippen LogP contribution in [-0.2, 0) is 9.53 Å². The summed E-state index contributed by atoms with van der Waals surface area (Å²) < 4.78 is 20.5. The van der Waals surface area contributed by atoms with Crippen LogP contribution < -0.4 is 19.5 Å². The monoisotopic (exact) mass is 339 g/mol. The van der Waals surface area contributed by atoms with E-state index in [1.54, 1.807) is 0 Å². The van der Waals surface area contributed by atoms with E-state index in [1.165, 1.54) is 40.6 Å². The third kappa shape index (κ3) is 4.31. The maximum Gasteiger partial charge on any atom is 0.328 e. The van der Waals surface area contributed by atoms with Crippen molar-refractivity contribution >= 4 is 11.9 Å². The van der Waals surface area contributed by atoms with E-state index in [0.29, 0.717) is 22.8 Å². The number of hydrogen-bond acceptors (Lipinski definition) is 6. The van der Waals surface area contributed by atoms with Gasteiger partial charge < -0.3 is 24.3 Å². The molecule has 0 aromatic heterocycles. The zero-order valence-electron chi connectivity index (χ0n) is 15.0. The van der Waals surface area contributed by atoms with Crippen LogP contribution in [0, 0.1) is 5.92 Å². The van der Waals surface area contributed by atoms with Gasteiger partial charge in [-0.3, -0.25) is 4.79 Å². The van der Waals surface area contributed by atoms with E-state index in [0.717, 1.165) is 6.42 Å². The molecule has 134 valence electrons. The van der Waals surface area contributed by atoms with Gasteiger partial charge in [-0.05, 0) is 18.1 Å². The second-order valence-electron chi connectivity index (χ2n) is 5.27. The molecule has 0 saturated carbocycles. The van der Waals surface area contributed by atoms with Crippen molar-refractivity contribution in [3.8, 4) is 17.2 Å². The number of benzene rings is 1. The van der Waals surface area contributed by atoms with Crippen LogP contribution in [0.5, 0.6) is 17.2 Å². The molecule has 0 bridgehead atoms. The van der Waals surface area contributed by atoms with Crippen molar-refractivity contribution in [2.45, 2.75) is 26.3 Å². The van der Waals surface area contributed by atoms with Crippen LogP contribution in [-0.4, -0.2) is 46.4 Å². The third-order valence-electron chi connectivity index (χ3n) is 3.88. The van der Waals surface area contributed by atoms with E-state index < -0.39 is 17.9 Å². The summed E-state index contributed by atoms with van der Waals surface area (Å²) in [5, 5.41) is 2.71. The maximum absolute atomic E-state index is 12.6. The Kier molecular flexibility index (Phi) is 7.35. The molecule has 0 fully saturated rings. The van der Waals surface area contributed by atoms with Gasteiger partial charge in [0, 0.05) is 5.56 Å². The number of methoxy groups -OCH3 is 4. The number of hydrogen-bond donors (Lipinski definition) is 1. The lowest BCUT2D eigenvalue weighted by atomic mass is 9.98. The SMILES string of the molecule is CC[C@H](C)[C@@H](NC(=O)c1cc(OC)c(OC)c(OC)c1)C(=O)OC. The van der Waals surface area contributed by atoms with E-state index in [1.807, 2.05) is 13.8 Å². The van der Waals surface area contributed by atoms with Gasteiger partial charge in [0.25, 0.3) is 5.91 Å². The van der Waals surface area contributed by atoms with Crippen molar-refractivity contribution in [3.05, 3.63) is 17.7 Å². The van der Waals surface area contributed by atoms with E-state index in [9.17, 15) is 9.59 Å². The van der Waals surface area contributed by atoms with Crippen molar-refractivity contribution in [1.82, 2.24) is 5.32 Å². The first-order chi connectivity index (χ1) is 11.4. The van der Waals surface area contributed by atoms with Crippen molar-refractivity contribution in [3.63, 3.8) is 0 Å². The van der Waals surface area contributed by atoms with Gasteiger partial charge >= 0.3 is 5.97 Å². The standard InChI is InChI=1S/C17H25NO6/c1-7-10(2)14(17(20)24-6)18-16(19)11-8-12(21-3)15(23-5)13(9-11)22-4/h8-10,14H,7H2,1-6H3,(H,18,19)/t10-,14+/m0/s1. The molecule has 0 saturated heterocycles. The second-order valence-corrected chi connectivity index (χ2v) is 5.27. The van der Waals surface area contributed by atoms with Gasteiger partial charge in [0.1, 0.15) is 6.04 Å². The van der Waals surface area contributed by atoms with Crippen molar-refractivity contribution in [1.29, 1.82) is 0 Å². The van der Waals surface area contributed by atoms with Gasteiger partial charge in [-0.1, -0.05) is 20.3 Å². The zero-order valence-corrected chi connectivity index (χ0v) is 15.0. The normalized spacial score (nSPS) is 12.8. The number of carbonyl (C=O) groups excluding carboxylic acids is 2. The molecule has 0 aliphatic heterocycles. The predicted octanol–water partition coefficient (Wildman–Crippen LogP) is 2.03. The topological polar surface area (TPSA) is 83.1 Å². The average molecular weight is 339 g/mol. The molecular weight excluding hydrogens is 314 g/mol. The quantitative estimate of drug-likeness (QED) is 0.730. The fourth-order valence-electron chi connectivity index (χ4n) is 2.23. The number of rotatable bonds is 8. The highest BCUT2D eigenvalue weighted by Crippen LogP contribution is 2.38. The van der Waals surface area contributed by atoms with Crippen LogP contribution in [0.15, 0.2) is 12.1 Å². The van der Waals surface area contributed by atoms with Crippen LogP contribution in [0.2, 0.25) is 0 Å². The van der Waals surface area contributed by atoms with E-state index >= 15 is 0 Å². The number of nitrogens with one attached hydrogen (secondary N) is 1. The third-order valence-corrected chi connectivity index (χ3v) is 3.88. The molecule has 7 heteroatoms. The average Bonchev–Trinajstić information content (AvgIpc) is 2.62. The number of carbonyl (C=O) groups is 2. The Morgan fingerprint density at radius 3 is 1.96 bits per heavy atom. The first kappa shape index (κ1) is 19.6. The molecule has 2 atom stereocenters. The summed E-state index contributed by atoms with van der Waals surface area (Å²) in [5.74, 6) is 0.141. The van der Waals surface area contributed by atoms with Gasteiger partial charge in [-0.2, -0.15) is 0 Å². The fraction of sp³-hybridized carbons (Fsp3) is 0.529. The number of amides is 1. The molecule has 1 N–H and O–H groups in total. The molecule has 1 rings (SSSR count). The molecule has 0 heterocycles. The number of ether oxygens (including phenoxy) is 4. The predicted molar refractivity (Wildman–Crippen MR) is 88.8 cm³/mol. The Labute approximate surface area is 142 Å². The van der Waals surface area contributed by atoms with E-state index in [4.69, 9.17) is 18.9 Å². The summed E-state index contributed by atoms with van der Waals surface area (Å²) >= 11 is 0. The van der Waals surface area contributed by atoms with Crippen LogP contribution in [0.3, 0.4) is 0 Å². The molecule has 0 aliphatic rings. The van der Waals surface area contributed by atoms with Crippen molar-refractivity contribution in [2.75, 3.05) is 28.4 Å². The van der Waals surface area contributed by atoms with Crippen LogP contribution in [0.25, 0.3) is 0 Å². The minimum atomic E-state index is -0.730. The van der Waals surface area contributed by atoms with Crippen molar-refractivity contribution < 1.29 is 28.5 Å². The Morgan fingerprint density at radius 1 is 1.04 bits per heavy atom. The molecular formula is C17H25NO6. The zero-order chi connectivity index (χ0) is 18.3. The van der Waals surface area contributed by atoms with Crippen LogP contribution >= 0.6 is 0 Å². The summed E-state index contributed by atoms with van der Waals surface area (Å²) in [6.45, 7) is 3.81. The Hall–Kier alpha value is -2.44. The Morgan fingerprint density at radius 2 is 1.58 bits per heavy atom. The van der Waals surface area contributed by atoms with Crippen LogP contribution in [0.1, 0.15) is 30.6 Å². The highest BCUT2D eigenvalue weighted by molar-refractivity contribution is 5.98. The highest BCUT2D eigenvalue weighted by atomic mass is 16.5. The minimum absolute atomic E-state index is 0.0663. The fourth-order valence-corrected chi connectivity index (χ4v) is 2.23. The maximum atomic E-state index is 12.6. The van der Waals surface area contributed by atoms with Gasteiger partial charge in [-0.15, -0.1) is 0 Å². The number of esters is 1. The smallest absolute Gasteiger partial charge is 0.328 e. The summed E-state index contributed by atoms with van der Waals surface area (Å²) in [6, 6.07) is 2.33. The Balaban J connectivity index is 3.15. The molecule has 7 nitrogen and oxygen atoms in total. The largest absolute Gasteiger partial charge is 0.493 e. The van der Waals surface area contributed by atoms with Gasteiger partial charge in [0.2, 0.25) is 5.75 Å².